The van der Waals surface area contributed by atoms with E-state index in [2.05, 4.69) is 5.32 Å². The van der Waals surface area contributed by atoms with Crippen molar-refractivity contribution >= 4 is 11.8 Å². The van der Waals surface area contributed by atoms with Gasteiger partial charge in [0.25, 0.3) is 5.91 Å². The number of ether oxygens (including phenoxy) is 2. The van der Waals surface area contributed by atoms with Crippen molar-refractivity contribution in [1.29, 1.82) is 0 Å². The summed E-state index contributed by atoms with van der Waals surface area (Å²) in [5.74, 6) is -0.362. The minimum absolute atomic E-state index is 0.0143. The first kappa shape index (κ1) is 18.9. The molecule has 6 nitrogen and oxygen atoms in total. The SMILES string of the molecule is COCCNC(=O)[C@H]1c2ccccc2C(=O)N(CCOC)C12CCCC2. The minimum Gasteiger partial charge on any atom is -0.383 e. The predicted octanol–water partition coefficient (Wildman–Crippen LogP) is 1.95. The standard InChI is InChI=1S/C20H28N2O4/c1-25-13-11-21-18(23)17-15-7-3-4-8-16(15)19(24)22(12-14-26-2)20(17)9-5-6-10-20/h3-4,7-8,17H,5-6,9-14H2,1-2H3,(H,21,23)/t17-/m1/s1. The molecule has 26 heavy (non-hydrogen) atoms. The number of nitrogens with zero attached hydrogens (tertiary/aromatic N) is 1. The van der Waals surface area contributed by atoms with Crippen LogP contribution in [0, 0.1) is 0 Å². The molecule has 0 unspecified atom stereocenters. The van der Waals surface area contributed by atoms with Crippen LogP contribution < -0.4 is 5.32 Å². The van der Waals surface area contributed by atoms with Crippen LogP contribution in [0.3, 0.4) is 0 Å². The van der Waals surface area contributed by atoms with Crippen molar-refractivity contribution in [1.82, 2.24) is 10.2 Å². The molecule has 3 rings (SSSR count). The Morgan fingerprint density at radius 3 is 2.58 bits per heavy atom. The molecular weight excluding hydrogens is 332 g/mol. The van der Waals surface area contributed by atoms with Crippen molar-refractivity contribution < 1.29 is 19.1 Å². The Morgan fingerprint density at radius 2 is 1.88 bits per heavy atom. The molecule has 1 aromatic rings. The van der Waals surface area contributed by atoms with Crippen LogP contribution in [-0.2, 0) is 14.3 Å². The molecule has 1 spiro atoms. The van der Waals surface area contributed by atoms with E-state index in [-0.39, 0.29) is 17.7 Å². The lowest BCUT2D eigenvalue weighted by molar-refractivity contribution is -0.126. The summed E-state index contributed by atoms with van der Waals surface area (Å²) in [4.78, 5) is 28.3. The molecule has 1 aliphatic heterocycles. The fraction of sp³-hybridized carbons (Fsp3) is 0.600. The van der Waals surface area contributed by atoms with Crippen molar-refractivity contribution in [3.63, 3.8) is 0 Å². The highest BCUT2D eigenvalue weighted by atomic mass is 16.5. The predicted molar refractivity (Wildman–Crippen MR) is 98.2 cm³/mol. The number of hydrogen-bond donors (Lipinski definition) is 1. The second-order valence-corrected chi connectivity index (χ2v) is 7.06. The van der Waals surface area contributed by atoms with Crippen LogP contribution in [0.4, 0.5) is 0 Å². The van der Waals surface area contributed by atoms with E-state index in [9.17, 15) is 9.59 Å². The van der Waals surface area contributed by atoms with Crippen molar-refractivity contribution in [2.45, 2.75) is 37.1 Å². The van der Waals surface area contributed by atoms with Crippen LogP contribution in [0.1, 0.15) is 47.5 Å². The van der Waals surface area contributed by atoms with Crippen molar-refractivity contribution in [2.75, 3.05) is 40.5 Å². The lowest BCUT2D eigenvalue weighted by Crippen LogP contribution is -2.61. The number of carbonyl (C=O) groups excluding carboxylic acids is 2. The maximum atomic E-state index is 13.2. The zero-order valence-corrected chi connectivity index (χ0v) is 15.6. The normalized spacial score (nSPS) is 21.1. The highest BCUT2D eigenvalue weighted by Gasteiger charge is 2.55. The van der Waals surface area contributed by atoms with Crippen LogP contribution in [0.15, 0.2) is 24.3 Å². The lowest BCUT2D eigenvalue weighted by atomic mass is 9.71. The third kappa shape index (κ3) is 3.23. The fourth-order valence-corrected chi connectivity index (χ4v) is 4.55. The number of methoxy groups -OCH3 is 2. The second-order valence-electron chi connectivity index (χ2n) is 7.06. The number of hydrogen-bond acceptors (Lipinski definition) is 4. The van der Waals surface area contributed by atoms with Crippen LogP contribution in [0.2, 0.25) is 0 Å². The first-order chi connectivity index (χ1) is 12.7. The summed E-state index contributed by atoms with van der Waals surface area (Å²) in [7, 11) is 3.25. The first-order valence-electron chi connectivity index (χ1n) is 9.32. The van der Waals surface area contributed by atoms with E-state index >= 15 is 0 Å². The van der Waals surface area contributed by atoms with E-state index in [0.29, 0.717) is 31.9 Å². The topological polar surface area (TPSA) is 67.9 Å². The third-order valence-electron chi connectivity index (χ3n) is 5.68. The number of nitrogens with one attached hydrogen (secondary N) is 1. The quantitative estimate of drug-likeness (QED) is 0.755. The summed E-state index contributed by atoms with van der Waals surface area (Å²) >= 11 is 0. The van der Waals surface area contributed by atoms with E-state index in [1.54, 1.807) is 14.2 Å². The van der Waals surface area contributed by atoms with Gasteiger partial charge in [0.1, 0.15) is 0 Å². The van der Waals surface area contributed by atoms with Gasteiger partial charge in [0.05, 0.1) is 24.7 Å². The Bertz CT molecular complexity index is 655. The molecule has 2 amide bonds. The molecule has 1 aliphatic carbocycles. The highest BCUT2D eigenvalue weighted by Crippen LogP contribution is 2.50. The summed E-state index contributed by atoms with van der Waals surface area (Å²) in [6.45, 7) is 1.91. The Hall–Kier alpha value is -1.92. The van der Waals surface area contributed by atoms with Crippen molar-refractivity contribution in [3.8, 4) is 0 Å². The van der Waals surface area contributed by atoms with Gasteiger partial charge in [0, 0.05) is 32.9 Å². The summed E-state index contributed by atoms with van der Waals surface area (Å²) in [5.41, 5.74) is 1.03. The smallest absolute Gasteiger partial charge is 0.254 e. The molecule has 2 aliphatic rings. The van der Waals surface area contributed by atoms with E-state index in [1.165, 1.54) is 0 Å². The molecular formula is C20H28N2O4. The summed E-state index contributed by atoms with van der Waals surface area (Å²) in [6, 6.07) is 7.53. The van der Waals surface area contributed by atoms with Gasteiger partial charge in [-0.25, -0.2) is 0 Å². The second kappa shape index (κ2) is 8.18. The molecule has 0 bridgehead atoms. The lowest BCUT2D eigenvalue weighted by Gasteiger charge is -2.50. The summed E-state index contributed by atoms with van der Waals surface area (Å²) in [6.07, 6.45) is 3.75. The van der Waals surface area contributed by atoms with Crippen molar-refractivity contribution in [2.24, 2.45) is 0 Å². The number of carbonyl (C=O) groups is 2. The maximum absolute atomic E-state index is 13.2. The molecule has 1 N–H and O–H groups in total. The molecule has 0 saturated heterocycles. The van der Waals surface area contributed by atoms with Crippen LogP contribution in [-0.4, -0.2) is 62.8 Å². The Balaban J connectivity index is 2.03. The van der Waals surface area contributed by atoms with Gasteiger partial charge in [0.2, 0.25) is 5.91 Å². The van der Waals surface area contributed by atoms with Crippen LogP contribution in [0.25, 0.3) is 0 Å². The van der Waals surface area contributed by atoms with Gasteiger partial charge >= 0.3 is 0 Å². The van der Waals surface area contributed by atoms with E-state index < -0.39 is 5.54 Å². The van der Waals surface area contributed by atoms with E-state index in [1.807, 2.05) is 29.2 Å². The van der Waals surface area contributed by atoms with Gasteiger partial charge in [-0.3, -0.25) is 9.59 Å². The van der Waals surface area contributed by atoms with Gasteiger partial charge < -0.3 is 19.7 Å². The Labute approximate surface area is 154 Å². The van der Waals surface area contributed by atoms with Gasteiger partial charge in [-0.2, -0.15) is 0 Å². The first-order valence-corrected chi connectivity index (χ1v) is 9.32. The molecule has 6 heteroatoms. The largest absolute Gasteiger partial charge is 0.383 e. The van der Waals surface area contributed by atoms with E-state index in [4.69, 9.17) is 9.47 Å². The van der Waals surface area contributed by atoms with Crippen LogP contribution >= 0.6 is 0 Å². The monoisotopic (exact) mass is 360 g/mol. The van der Waals surface area contributed by atoms with Gasteiger partial charge in [0.15, 0.2) is 0 Å². The highest BCUT2D eigenvalue weighted by molar-refractivity contribution is 6.02. The molecule has 1 heterocycles. The maximum Gasteiger partial charge on any atom is 0.254 e. The fourth-order valence-electron chi connectivity index (χ4n) is 4.55. The zero-order chi connectivity index (χ0) is 18.6. The Morgan fingerprint density at radius 1 is 1.19 bits per heavy atom. The van der Waals surface area contributed by atoms with E-state index in [0.717, 1.165) is 31.2 Å². The molecule has 1 aromatic carbocycles. The van der Waals surface area contributed by atoms with Crippen LogP contribution in [0.5, 0.6) is 0 Å². The zero-order valence-electron chi connectivity index (χ0n) is 15.6. The number of benzene rings is 1. The molecule has 1 saturated carbocycles. The molecule has 1 fully saturated rings. The van der Waals surface area contributed by atoms with Gasteiger partial charge in [-0.05, 0) is 24.5 Å². The molecule has 142 valence electrons. The number of amides is 2. The number of rotatable bonds is 7. The average molecular weight is 360 g/mol. The third-order valence-corrected chi connectivity index (χ3v) is 5.68. The molecule has 0 aromatic heterocycles. The molecule has 0 radical (unpaired) electrons. The summed E-state index contributed by atoms with van der Waals surface area (Å²) in [5, 5.41) is 3.00. The van der Waals surface area contributed by atoms with Gasteiger partial charge in [-0.15, -0.1) is 0 Å². The van der Waals surface area contributed by atoms with Gasteiger partial charge in [-0.1, -0.05) is 31.0 Å². The minimum atomic E-state index is -0.457. The average Bonchev–Trinajstić information content (AvgIpc) is 3.12. The Kier molecular flexibility index (Phi) is 5.94. The van der Waals surface area contributed by atoms with Crippen molar-refractivity contribution in [3.05, 3.63) is 35.4 Å². The number of fused-ring (bicyclic) bond motifs is 1. The molecule has 1 atom stereocenters. The summed E-state index contributed by atoms with van der Waals surface area (Å²) < 4.78 is 10.3.